The fourth-order valence-corrected chi connectivity index (χ4v) is 3.23. The van der Waals surface area contributed by atoms with Crippen LogP contribution in [0.15, 0.2) is 65.1 Å². The number of aromatic nitrogens is 2. The van der Waals surface area contributed by atoms with Crippen LogP contribution >= 0.6 is 0 Å². The highest BCUT2D eigenvalue weighted by molar-refractivity contribution is 5.51. The Kier molecular flexibility index (Phi) is 4.61. The average molecular weight is 333 g/mol. The van der Waals surface area contributed by atoms with Gasteiger partial charge < -0.3 is 4.42 Å². The highest BCUT2D eigenvalue weighted by atomic mass is 16.4. The molecule has 0 radical (unpaired) electrons. The molecule has 0 aliphatic heterocycles. The molecule has 4 heteroatoms. The van der Waals surface area contributed by atoms with Crippen LogP contribution in [0.1, 0.15) is 31.2 Å². The smallest absolute Gasteiger partial charge is 0.247 e. The Balaban J connectivity index is 1.51. The van der Waals surface area contributed by atoms with Crippen molar-refractivity contribution in [3.63, 3.8) is 0 Å². The maximum Gasteiger partial charge on any atom is 0.247 e. The minimum atomic E-state index is 0.521. The highest BCUT2D eigenvalue weighted by Crippen LogP contribution is 2.36. The van der Waals surface area contributed by atoms with Gasteiger partial charge in [0, 0.05) is 18.2 Å². The molecule has 0 bridgehead atoms. The number of hydrogen-bond acceptors (Lipinski definition) is 4. The molecule has 1 aromatic heterocycles. The first-order valence-corrected chi connectivity index (χ1v) is 8.95. The van der Waals surface area contributed by atoms with Crippen molar-refractivity contribution >= 4 is 0 Å². The average Bonchev–Trinajstić information content (AvgIpc) is 3.41. The highest BCUT2D eigenvalue weighted by Gasteiger charge is 2.32. The molecule has 4 rings (SSSR count). The van der Waals surface area contributed by atoms with Gasteiger partial charge in [0.1, 0.15) is 0 Å². The largest absolute Gasteiger partial charge is 0.419 e. The van der Waals surface area contributed by atoms with E-state index >= 15 is 0 Å². The molecule has 128 valence electrons. The summed E-state index contributed by atoms with van der Waals surface area (Å²) in [6.45, 7) is 3.91. The quantitative estimate of drug-likeness (QED) is 0.637. The zero-order chi connectivity index (χ0) is 17.1. The maximum absolute atomic E-state index is 5.92. The van der Waals surface area contributed by atoms with Crippen LogP contribution in [0, 0.1) is 5.92 Å². The standard InChI is InChI=1S/C21H23N3O/c1-16(18-12-13-18)24(14-17-8-4-2-5-9-17)15-20-22-23-21(25-20)19-10-6-3-7-11-19/h2-11,16,18H,12-15H2,1H3. The van der Waals surface area contributed by atoms with Crippen LogP contribution in [0.25, 0.3) is 11.5 Å². The molecule has 0 spiro atoms. The zero-order valence-electron chi connectivity index (χ0n) is 14.5. The topological polar surface area (TPSA) is 42.2 Å². The lowest BCUT2D eigenvalue weighted by Gasteiger charge is -2.28. The van der Waals surface area contributed by atoms with Crippen molar-refractivity contribution in [2.75, 3.05) is 0 Å². The van der Waals surface area contributed by atoms with Crippen molar-refractivity contribution in [3.05, 3.63) is 72.1 Å². The van der Waals surface area contributed by atoms with E-state index in [2.05, 4.69) is 52.4 Å². The molecule has 1 aliphatic carbocycles. The van der Waals surface area contributed by atoms with Crippen LogP contribution in [0.3, 0.4) is 0 Å². The van der Waals surface area contributed by atoms with Gasteiger partial charge in [-0.15, -0.1) is 10.2 Å². The summed E-state index contributed by atoms with van der Waals surface area (Å²) >= 11 is 0. The Morgan fingerprint density at radius 2 is 1.64 bits per heavy atom. The number of nitrogens with zero attached hydrogens (tertiary/aromatic N) is 3. The van der Waals surface area contributed by atoms with E-state index in [-0.39, 0.29) is 0 Å². The van der Waals surface area contributed by atoms with Gasteiger partial charge in [0.25, 0.3) is 0 Å². The summed E-state index contributed by atoms with van der Waals surface area (Å²) in [4.78, 5) is 2.45. The second-order valence-corrected chi connectivity index (χ2v) is 6.84. The fourth-order valence-electron chi connectivity index (χ4n) is 3.23. The van der Waals surface area contributed by atoms with Crippen molar-refractivity contribution in [2.45, 2.75) is 38.9 Å². The summed E-state index contributed by atoms with van der Waals surface area (Å²) in [7, 11) is 0. The summed E-state index contributed by atoms with van der Waals surface area (Å²) in [6, 6.07) is 21.1. The minimum absolute atomic E-state index is 0.521. The number of rotatable bonds is 7. The lowest BCUT2D eigenvalue weighted by Crippen LogP contribution is -2.33. The molecular formula is C21H23N3O. The molecule has 0 saturated heterocycles. The fraction of sp³-hybridized carbons (Fsp3) is 0.333. The zero-order valence-corrected chi connectivity index (χ0v) is 14.5. The lowest BCUT2D eigenvalue weighted by molar-refractivity contribution is 0.156. The molecule has 3 aromatic rings. The van der Waals surface area contributed by atoms with Gasteiger partial charge in [-0.3, -0.25) is 4.90 Å². The Bertz CT molecular complexity index is 796. The van der Waals surface area contributed by atoms with E-state index in [9.17, 15) is 0 Å². The van der Waals surface area contributed by atoms with Gasteiger partial charge in [-0.2, -0.15) is 0 Å². The first-order chi connectivity index (χ1) is 12.3. The summed E-state index contributed by atoms with van der Waals surface area (Å²) in [6.07, 6.45) is 2.65. The van der Waals surface area contributed by atoms with Crippen LogP contribution in [-0.4, -0.2) is 21.1 Å². The van der Waals surface area contributed by atoms with Crippen LogP contribution < -0.4 is 0 Å². The molecule has 25 heavy (non-hydrogen) atoms. The van der Waals surface area contributed by atoms with Gasteiger partial charge in [-0.05, 0) is 43.4 Å². The van der Waals surface area contributed by atoms with Crippen molar-refractivity contribution < 1.29 is 4.42 Å². The second-order valence-electron chi connectivity index (χ2n) is 6.84. The molecule has 1 unspecified atom stereocenters. The van der Waals surface area contributed by atoms with Crippen molar-refractivity contribution in [2.24, 2.45) is 5.92 Å². The summed E-state index contributed by atoms with van der Waals surface area (Å²) < 4.78 is 5.92. The van der Waals surface area contributed by atoms with E-state index in [0.29, 0.717) is 24.4 Å². The third-order valence-corrected chi connectivity index (χ3v) is 4.93. The van der Waals surface area contributed by atoms with Gasteiger partial charge in [-0.25, -0.2) is 0 Å². The third-order valence-electron chi connectivity index (χ3n) is 4.93. The molecule has 1 fully saturated rings. The van der Waals surface area contributed by atoms with Crippen LogP contribution in [0.2, 0.25) is 0 Å². The Hall–Kier alpha value is -2.46. The van der Waals surface area contributed by atoms with E-state index in [4.69, 9.17) is 4.42 Å². The van der Waals surface area contributed by atoms with E-state index in [0.717, 1.165) is 18.0 Å². The van der Waals surface area contributed by atoms with Crippen molar-refractivity contribution in [1.82, 2.24) is 15.1 Å². The molecule has 0 amide bonds. The summed E-state index contributed by atoms with van der Waals surface area (Å²) in [5.74, 6) is 2.07. The molecule has 1 heterocycles. The molecule has 2 aromatic carbocycles. The Morgan fingerprint density at radius 3 is 2.32 bits per heavy atom. The molecule has 1 aliphatic rings. The maximum atomic E-state index is 5.92. The molecular weight excluding hydrogens is 310 g/mol. The third kappa shape index (κ3) is 3.97. The minimum Gasteiger partial charge on any atom is -0.419 e. The Labute approximate surface area is 148 Å². The van der Waals surface area contributed by atoms with Crippen LogP contribution in [-0.2, 0) is 13.1 Å². The van der Waals surface area contributed by atoms with Crippen LogP contribution in [0.5, 0.6) is 0 Å². The van der Waals surface area contributed by atoms with Gasteiger partial charge in [0.05, 0.1) is 6.54 Å². The van der Waals surface area contributed by atoms with Gasteiger partial charge in [-0.1, -0.05) is 48.5 Å². The normalized spacial score (nSPS) is 15.4. The monoisotopic (exact) mass is 333 g/mol. The summed E-state index contributed by atoms with van der Waals surface area (Å²) in [5.41, 5.74) is 2.28. The number of benzene rings is 2. The van der Waals surface area contributed by atoms with E-state index in [1.54, 1.807) is 0 Å². The lowest BCUT2D eigenvalue weighted by atomic mass is 10.1. The predicted molar refractivity (Wildman–Crippen MR) is 97.6 cm³/mol. The predicted octanol–water partition coefficient (Wildman–Crippen LogP) is 4.54. The Morgan fingerprint density at radius 1 is 0.960 bits per heavy atom. The van der Waals surface area contributed by atoms with Crippen molar-refractivity contribution in [1.29, 1.82) is 0 Å². The SMILES string of the molecule is CC(C1CC1)N(Cc1ccccc1)Cc1nnc(-c2ccccc2)o1. The van der Waals surface area contributed by atoms with Gasteiger partial charge in [0.15, 0.2) is 0 Å². The second kappa shape index (κ2) is 7.19. The van der Waals surface area contributed by atoms with E-state index < -0.39 is 0 Å². The van der Waals surface area contributed by atoms with Gasteiger partial charge >= 0.3 is 0 Å². The molecule has 0 N–H and O–H groups in total. The first kappa shape index (κ1) is 16.0. The number of hydrogen-bond donors (Lipinski definition) is 0. The molecule has 4 nitrogen and oxygen atoms in total. The molecule has 1 atom stereocenters. The van der Waals surface area contributed by atoms with Crippen molar-refractivity contribution in [3.8, 4) is 11.5 Å². The van der Waals surface area contributed by atoms with E-state index in [1.165, 1.54) is 18.4 Å². The summed E-state index contributed by atoms with van der Waals surface area (Å²) in [5, 5.41) is 8.50. The van der Waals surface area contributed by atoms with E-state index in [1.807, 2.05) is 30.3 Å². The molecule has 1 saturated carbocycles. The first-order valence-electron chi connectivity index (χ1n) is 8.95. The van der Waals surface area contributed by atoms with Gasteiger partial charge in [0.2, 0.25) is 11.8 Å². The van der Waals surface area contributed by atoms with Crippen LogP contribution in [0.4, 0.5) is 0 Å².